The highest BCUT2D eigenvalue weighted by molar-refractivity contribution is 5.83. The number of rotatable bonds is 6. The van der Waals surface area contributed by atoms with Crippen molar-refractivity contribution in [3.8, 4) is 0 Å². The molecule has 5 rings (SSSR count). The Labute approximate surface area is 218 Å². The smallest absolute Gasteiger partial charge is 0.229 e. The Morgan fingerprint density at radius 2 is 1.56 bits per heavy atom. The van der Waals surface area contributed by atoms with Crippen LogP contribution in [0.3, 0.4) is 0 Å². The second-order valence-corrected chi connectivity index (χ2v) is 12.4. The van der Waals surface area contributed by atoms with Crippen LogP contribution in [0.1, 0.15) is 77.3 Å². The zero-order valence-electron chi connectivity index (χ0n) is 22.7. The van der Waals surface area contributed by atoms with Crippen LogP contribution in [-0.2, 0) is 17.9 Å². The first kappa shape index (κ1) is 25.1. The minimum atomic E-state index is -0.333. The maximum atomic E-state index is 14.6. The molecule has 0 N–H and O–H groups in total. The van der Waals surface area contributed by atoms with Gasteiger partial charge in [0.2, 0.25) is 5.91 Å². The highest BCUT2D eigenvalue weighted by Gasteiger charge is 2.57. The van der Waals surface area contributed by atoms with Crippen molar-refractivity contribution in [2.45, 2.75) is 79.3 Å². The third kappa shape index (κ3) is 4.60. The molecule has 0 radical (unpaired) electrons. The average molecular weight is 482 g/mol. The fraction of sp³-hybridized carbons (Fsp3) is 0.500. The molecule has 190 valence electrons. The van der Waals surface area contributed by atoms with Crippen LogP contribution in [0.5, 0.6) is 0 Å². The summed E-state index contributed by atoms with van der Waals surface area (Å²) in [5.74, 6) is 1.95. The van der Waals surface area contributed by atoms with Crippen LogP contribution in [-0.4, -0.2) is 10.8 Å². The standard InChI is InChI=1S/C34H43NO/c1-25(2)28-16-18-30-29(22-28)17-19-31-33(30,3)20-11-21-34(31,4)32(36)35(23-26-12-7-5-8-13-26)24-27-14-9-6-10-15-27/h5-10,12-15,17,22,25,30-31H,11,16,18-21,23-24H2,1-4H3/t30-,31?,33-,34+/m1/s1. The Balaban J connectivity index is 1.47. The molecule has 2 heteroatoms. The maximum Gasteiger partial charge on any atom is 0.229 e. The fourth-order valence-electron chi connectivity index (χ4n) is 7.77. The van der Waals surface area contributed by atoms with Crippen LogP contribution in [0, 0.1) is 28.6 Å². The average Bonchev–Trinajstić information content (AvgIpc) is 2.88. The Bertz CT molecular complexity index is 1090. The Morgan fingerprint density at radius 1 is 0.944 bits per heavy atom. The van der Waals surface area contributed by atoms with E-state index in [1.807, 2.05) is 0 Å². The molecule has 0 bridgehead atoms. The first-order valence-corrected chi connectivity index (χ1v) is 14.1. The predicted octanol–water partition coefficient (Wildman–Crippen LogP) is 8.35. The SMILES string of the molecule is CC(C)C1=CC2=CCC3[C@](C)(CCC[C@]3(C)C(=O)N(Cc3ccccc3)Cc3ccccc3)[C@@H]2CC1. The van der Waals surface area contributed by atoms with Gasteiger partial charge in [-0.2, -0.15) is 0 Å². The fourth-order valence-corrected chi connectivity index (χ4v) is 7.77. The third-order valence-electron chi connectivity index (χ3n) is 9.79. The first-order valence-electron chi connectivity index (χ1n) is 14.1. The monoisotopic (exact) mass is 481 g/mol. The number of amides is 1. The lowest BCUT2D eigenvalue weighted by Gasteiger charge is -2.58. The number of carbonyl (C=O) groups is 1. The van der Waals surface area contributed by atoms with Gasteiger partial charge in [0.1, 0.15) is 0 Å². The van der Waals surface area contributed by atoms with Crippen molar-refractivity contribution in [3.63, 3.8) is 0 Å². The number of carbonyl (C=O) groups excluding carboxylic acids is 1. The van der Waals surface area contributed by atoms with E-state index in [1.165, 1.54) is 30.4 Å². The molecule has 4 atom stereocenters. The third-order valence-corrected chi connectivity index (χ3v) is 9.79. The highest BCUT2D eigenvalue weighted by Crippen LogP contribution is 2.62. The Morgan fingerprint density at radius 3 is 2.14 bits per heavy atom. The minimum Gasteiger partial charge on any atom is -0.334 e. The van der Waals surface area contributed by atoms with E-state index in [-0.39, 0.29) is 10.8 Å². The summed E-state index contributed by atoms with van der Waals surface area (Å²) in [6.45, 7) is 10.8. The molecular formula is C34H43NO. The summed E-state index contributed by atoms with van der Waals surface area (Å²) < 4.78 is 0. The molecule has 1 saturated carbocycles. The van der Waals surface area contributed by atoms with Gasteiger partial charge in [0, 0.05) is 13.1 Å². The van der Waals surface area contributed by atoms with Gasteiger partial charge in [-0.05, 0) is 72.0 Å². The molecule has 0 heterocycles. The summed E-state index contributed by atoms with van der Waals surface area (Å²) in [7, 11) is 0. The lowest BCUT2D eigenvalue weighted by atomic mass is 9.46. The summed E-state index contributed by atoms with van der Waals surface area (Å²) in [6.07, 6.45) is 11.9. The molecule has 0 saturated heterocycles. The van der Waals surface area contributed by atoms with Crippen LogP contribution in [0.2, 0.25) is 0 Å². The lowest BCUT2D eigenvalue weighted by molar-refractivity contribution is -0.157. The van der Waals surface area contributed by atoms with Gasteiger partial charge in [0.15, 0.2) is 0 Å². The molecule has 0 spiro atoms. The topological polar surface area (TPSA) is 20.3 Å². The number of benzene rings is 2. The van der Waals surface area contributed by atoms with Gasteiger partial charge >= 0.3 is 0 Å². The van der Waals surface area contributed by atoms with E-state index in [2.05, 4.69) is 105 Å². The zero-order chi connectivity index (χ0) is 25.3. The van der Waals surface area contributed by atoms with Crippen molar-refractivity contribution in [1.82, 2.24) is 4.90 Å². The van der Waals surface area contributed by atoms with Gasteiger partial charge in [-0.15, -0.1) is 0 Å². The molecule has 2 aromatic carbocycles. The number of allylic oxidation sites excluding steroid dienone is 4. The lowest BCUT2D eigenvalue weighted by Crippen LogP contribution is -2.56. The molecule has 2 aromatic rings. The van der Waals surface area contributed by atoms with Crippen LogP contribution >= 0.6 is 0 Å². The Hall–Kier alpha value is -2.61. The van der Waals surface area contributed by atoms with Gasteiger partial charge in [0.05, 0.1) is 5.41 Å². The molecule has 1 unspecified atom stereocenters. The van der Waals surface area contributed by atoms with Crippen LogP contribution in [0.25, 0.3) is 0 Å². The number of hydrogen-bond donors (Lipinski definition) is 0. The van der Waals surface area contributed by atoms with E-state index in [0.29, 0.717) is 36.8 Å². The zero-order valence-corrected chi connectivity index (χ0v) is 22.7. The molecule has 36 heavy (non-hydrogen) atoms. The van der Waals surface area contributed by atoms with Gasteiger partial charge in [0.25, 0.3) is 0 Å². The molecule has 0 aromatic heterocycles. The van der Waals surface area contributed by atoms with Crippen molar-refractivity contribution in [2.24, 2.45) is 28.6 Å². The number of hydrogen-bond acceptors (Lipinski definition) is 1. The van der Waals surface area contributed by atoms with Crippen molar-refractivity contribution < 1.29 is 4.79 Å². The predicted molar refractivity (Wildman–Crippen MR) is 149 cm³/mol. The molecule has 0 aliphatic heterocycles. The van der Waals surface area contributed by atoms with Gasteiger partial charge in [-0.3, -0.25) is 4.79 Å². The molecule has 1 fully saturated rings. The molecule has 2 nitrogen and oxygen atoms in total. The number of fused-ring (bicyclic) bond motifs is 3. The summed E-state index contributed by atoms with van der Waals surface area (Å²) in [5, 5.41) is 0. The van der Waals surface area contributed by atoms with E-state index >= 15 is 0 Å². The number of nitrogens with zero attached hydrogens (tertiary/aromatic N) is 1. The summed E-state index contributed by atoms with van der Waals surface area (Å²) in [4.78, 5) is 16.8. The molecule has 3 aliphatic rings. The van der Waals surface area contributed by atoms with Crippen molar-refractivity contribution >= 4 is 5.91 Å². The Kier molecular flexibility index (Phi) is 6.99. The summed E-state index contributed by atoms with van der Waals surface area (Å²) in [6, 6.07) is 21.0. The maximum absolute atomic E-state index is 14.6. The van der Waals surface area contributed by atoms with E-state index < -0.39 is 0 Å². The van der Waals surface area contributed by atoms with E-state index in [9.17, 15) is 4.79 Å². The van der Waals surface area contributed by atoms with Gasteiger partial charge in [-0.1, -0.05) is 113 Å². The molecule has 3 aliphatic carbocycles. The summed E-state index contributed by atoms with van der Waals surface area (Å²) >= 11 is 0. The second-order valence-electron chi connectivity index (χ2n) is 12.4. The van der Waals surface area contributed by atoms with Gasteiger partial charge < -0.3 is 4.90 Å². The van der Waals surface area contributed by atoms with Crippen LogP contribution in [0.15, 0.2) is 84.0 Å². The van der Waals surface area contributed by atoms with Crippen LogP contribution in [0.4, 0.5) is 0 Å². The molecular weight excluding hydrogens is 438 g/mol. The van der Waals surface area contributed by atoms with E-state index in [4.69, 9.17) is 0 Å². The second kappa shape index (κ2) is 10.0. The summed E-state index contributed by atoms with van der Waals surface area (Å²) in [5.41, 5.74) is 5.43. The van der Waals surface area contributed by atoms with E-state index in [1.54, 1.807) is 11.1 Å². The highest BCUT2D eigenvalue weighted by atomic mass is 16.2. The molecule has 1 amide bonds. The minimum absolute atomic E-state index is 0.191. The van der Waals surface area contributed by atoms with Crippen LogP contribution < -0.4 is 0 Å². The van der Waals surface area contributed by atoms with Crippen molar-refractivity contribution in [1.29, 1.82) is 0 Å². The van der Waals surface area contributed by atoms with E-state index in [0.717, 1.165) is 19.3 Å². The largest absolute Gasteiger partial charge is 0.334 e. The van der Waals surface area contributed by atoms with Gasteiger partial charge in [-0.25, -0.2) is 0 Å². The first-order chi connectivity index (χ1) is 17.3. The normalized spacial score (nSPS) is 29.6. The quantitative estimate of drug-likeness (QED) is 0.406. The van der Waals surface area contributed by atoms with Crippen molar-refractivity contribution in [2.75, 3.05) is 0 Å². The van der Waals surface area contributed by atoms with Crippen molar-refractivity contribution in [3.05, 3.63) is 95.1 Å².